The Kier molecular flexibility index (Phi) is 6.07. The van der Waals surface area contributed by atoms with E-state index in [0.29, 0.717) is 6.42 Å². The predicted molar refractivity (Wildman–Crippen MR) is 60.9 cm³/mol. The van der Waals surface area contributed by atoms with Gasteiger partial charge < -0.3 is 15.0 Å². The Morgan fingerprint density at radius 1 is 1.47 bits per heavy atom. The van der Waals surface area contributed by atoms with Crippen molar-refractivity contribution in [3.05, 3.63) is 18.2 Å². The van der Waals surface area contributed by atoms with Crippen LogP contribution >= 0.6 is 0 Å². The molecular formula is C11H19F2N3O. The van der Waals surface area contributed by atoms with E-state index in [9.17, 15) is 8.78 Å². The minimum Gasteiger partial charge on any atom is -0.375 e. The van der Waals surface area contributed by atoms with E-state index in [2.05, 4.69) is 4.98 Å². The summed E-state index contributed by atoms with van der Waals surface area (Å²) in [7, 11) is 1.93. The lowest BCUT2D eigenvalue weighted by Crippen LogP contribution is -2.23. The zero-order valence-electron chi connectivity index (χ0n) is 9.98. The van der Waals surface area contributed by atoms with Gasteiger partial charge in [0.05, 0.1) is 0 Å². The Hall–Kier alpha value is -1.01. The van der Waals surface area contributed by atoms with Crippen molar-refractivity contribution in [3.63, 3.8) is 0 Å². The highest BCUT2D eigenvalue weighted by atomic mass is 19.3. The van der Waals surface area contributed by atoms with Gasteiger partial charge in [-0.3, -0.25) is 0 Å². The number of aryl methyl sites for hydroxylation is 2. The van der Waals surface area contributed by atoms with Crippen molar-refractivity contribution in [1.29, 1.82) is 0 Å². The van der Waals surface area contributed by atoms with Crippen LogP contribution < -0.4 is 5.73 Å². The summed E-state index contributed by atoms with van der Waals surface area (Å²) in [5.74, 6) is 0.981. The lowest BCUT2D eigenvalue weighted by Gasteiger charge is -2.11. The number of halogens is 2. The van der Waals surface area contributed by atoms with E-state index in [1.54, 1.807) is 6.20 Å². The Morgan fingerprint density at radius 2 is 2.24 bits per heavy atom. The second kappa shape index (κ2) is 7.34. The molecule has 0 aromatic carbocycles. The van der Waals surface area contributed by atoms with Crippen LogP contribution in [0.5, 0.6) is 0 Å². The van der Waals surface area contributed by atoms with Crippen LogP contribution in [0.1, 0.15) is 18.7 Å². The maximum absolute atomic E-state index is 11.8. The van der Waals surface area contributed by atoms with Gasteiger partial charge >= 0.3 is 0 Å². The molecule has 98 valence electrons. The van der Waals surface area contributed by atoms with Crippen molar-refractivity contribution in [3.8, 4) is 0 Å². The van der Waals surface area contributed by atoms with Gasteiger partial charge in [0.15, 0.2) is 0 Å². The fraction of sp³-hybridized carbons (Fsp3) is 0.727. The molecule has 4 nitrogen and oxygen atoms in total. The Morgan fingerprint density at radius 3 is 2.82 bits per heavy atom. The minimum absolute atomic E-state index is 0.0376. The molecule has 0 aliphatic carbocycles. The number of hydrogen-bond acceptors (Lipinski definition) is 3. The number of ether oxygens (including phenoxy) is 1. The minimum atomic E-state index is -2.40. The molecule has 2 N–H and O–H groups in total. The summed E-state index contributed by atoms with van der Waals surface area (Å²) in [6.07, 6.45) is 3.39. The quantitative estimate of drug-likeness (QED) is 0.705. The molecule has 0 spiro atoms. The van der Waals surface area contributed by atoms with E-state index in [1.807, 2.05) is 17.8 Å². The fourth-order valence-corrected chi connectivity index (χ4v) is 1.50. The number of imidazole rings is 1. The van der Waals surface area contributed by atoms with Crippen LogP contribution in [0.25, 0.3) is 0 Å². The molecule has 0 saturated heterocycles. The number of aromatic nitrogens is 2. The maximum atomic E-state index is 11.8. The molecule has 0 saturated carbocycles. The van der Waals surface area contributed by atoms with Crippen molar-refractivity contribution in [1.82, 2.24) is 9.55 Å². The normalized spacial score (nSPS) is 13.2. The Bertz CT molecular complexity index is 317. The zero-order valence-corrected chi connectivity index (χ0v) is 9.98. The molecule has 17 heavy (non-hydrogen) atoms. The third-order valence-electron chi connectivity index (χ3n) is 2.54. The SMILES string of the molecule is Cn1ccnc1CCC(N)CCOCC(F)F. The van der Waals surface area contributed by atoms with Crippen molar-refractivity contribution >= 4 is 0 Å². The first-order valence-corrected chi connectivity index (χ1v) is 5.67. The zero-order chi connectivity index (χ0) is 12.7. The van der Waals surface area contributed by atoms with Crippen molar-refractivity contribution in [2.45, 2.75) is 31.7 Å². The van der Waals surface area contributed by atoms with Crippen LogP contribution in [0.4, 0.5) is 8.78 Å². The number of nitrogens with two attached hydrogens (primary N) is 1. The first-order valence-electron chi connectivity index (χ1n) is 5.67. The third kappa shape index (κ3) is 5.74. The molecule has 1 rings (SSSR count). The van der Waals surface area contributed by atoms with E-state index in [-0.39, 0.29) is 12.6 Å². The third-order valence-corrected chi connectivity index (χ3v) is 2.54. The maximum Gasteiger partial charge on any atom is 0.261 e. The Labute approximate surface area is 99.8 Å². The molecular weight excluding hydrogens is 228 g/mol. The summed E-state index contributed by atoms with van der Waals surface area (Å²) >= 11 is 0. The van der Waals surface area contributed by atoms with Crippen molar-refractivity contribution in [2.24, 2.45) is 12.8 Å². The van der Waals surface area contributed by atoms with Gasteiger partial charge in [-0.15, -0.1) is 0 Å². The highest BCUT2D eigenvalue weighted by molar-refractivity contribution is 4.91. The first kappa shape index (κ1) is 14.1. The van der Waals surface area contributed by atoms with E-state index in [4.69, 9.17) is 10.5 Å². The fourth-order valence-electron chi connectivity index (χ4n) is 1.50. The van der Waals surface area contributed by atoms with Crippen molar-refractivity contribution < 1.29 is 13.5 Å². The lowest BCUT2D eigenvalue weighted by molar-refractivity contribution is 0.0151. The molecule has 1 atom stereocenters. The van der Waals surface area contributed by atoms with Crippen LogP contribution in [0, 0.1) is 0 Å². The lowest BCUT2D eigenvalue weighted by atomic mass is 10.1. The second-order valence-electron chi connectivity index (χ2n) is 4.01. The summed E-state index contributed by atoms with van der Waals surface area (Å²) in [6.45, 7) is -0.224. The topological polar surface area (TPSA) is 53.1 Å². The number of nitrogens with zero attached hydrogens (tertiary/aromatic N) is 2. The average Bonchev–Trinajstić information content (AvgIpc) is 2.67. The molecule has 0 fully saturated rings. The summed E-state index contributed by atoms with van der Waals surface area (Å²) in [6, 6.07) is -0.0376. The summed E-state index contributed by atoms with van der Waals surface area (Å²) in [5.41, 5.74) is 5.85. The van der Waals surface area contributed by atoms with Gasteiger partial charge in [-0.2, -0.15) is 0 Å². The highest BCUT2D eigenvalue weighted by Crippen LogP contribution is 2.04. The van der Waals surface area contributed by atoms with Gasteiger partial charge in [0, 0.05) is 38.5 Å². The summed E-state index contributed by atoms with van der Waals surface area (Å²) in [5, 5.41) is 0. The average molecular weight is 247 g/mol. The van der Waals surface area contributed by atoms with Crippen LogP contribution in [0.3, 0.4) is 0 Å². The molecule has 1 heterocycles. The number of hydrogen-bond donors (Lipinski definition) is 1. The molecule has 0 bridgehead atoms. The molecule has 0 aliphatic heterocycles. The number of alkyl halides is 2. The van der Waals surface area contributed by atoms with Crippen LogP contribution in [0.15, 0.2) is 12.4 Å². The van der Waals surface area contributed by atoms with Gasteiger partial charge in [-0.1, -0.05) is 0 Å². The summed E-state index contributed by atoms with van der Waals surface area (Å²) < 4.78 is 30.3. The van der Waals surface area contributed by atoms with Gasteiger partial charge in [-0.05, 0) is 12.8 Å². The molecule has 1 aromatic heterocycles. The van der Waals surface area contributed by atoms with Gasteiger partial charge in [0.2, 0.25) is 0 Å². The standard InChI is InChI=1S/C11H19F2N3O/c1-16-6-5-15-11(16)3-2-9(14)4-7-17-8-10(12)13/h5-6,9-10H,2-4,7-8,14H2,1H3. The molecule has 0 aliphatic rings. The van der Waals surface area contributed by atoms with Crippen LogP contribution in [-0.4, -0.2) is 35.2 Å². The second-order valence-corrected chi connectivity index (χ2v) is 4.01. The smallest absolute Gasteiger partial charge is 0.261 e. The first-order chi connectivity index (χ1) is 8.09. The van der Waals surface area contributed by atoms with Crippen LogP contribution in [-0.2, 0) is 18.2 Å². The molecule has 6 heteroatoms. The number of rotatable bonds is 8. The molecule has 0 amide bonds. The highest BCUT2D eigenvalue weighted by Gasteiger charge is 2.07. The van der Waals surface area contributed by atoms with Gasteiger partial charge in [0.25, 0.3) is 6.43 Å². The molecule has 0 radical (unpaired) electrons. The van der Waals surface area contributed by atoms with E-state index in [0.717, 1.165) is 18.7 Å². The van der Waals surface area contributed by atoms with Crippen molar-refractivity contribution in [2.75, 3.05) is 13.2 Å². The Balaban J connectivity index is 2.09. The molecule has 1 aromatic rings. The van der Waals surface area contributed by atoms with E-state index in [1.165, 1.54) is 0 Å². The predicted octanol–water partition coefficient (Wildman–Crippen LogP) is 1.35. The molecule has 1 unspecified atom stereocenters. The largest absolute Gasteiger partial charge is 0.375 e. The monoisotopic (exact) mass is 247 g/mol. The van der Waals surface area contributed by atoms with E-state index < -0.39 is 13.0 Å². The van der Waals surface area contributed by atoms with Gasteiger partial charge in [-0.25, -0.2) is 13.8 Å². The van der Waals surface area contributed by atoms with Crippen LogP contribution in [0.2, 0.25) is 0 Å². The summed E-state index contributed by atoms with van der Waals surface area (Å²) in [4.78, 5) is 4.18. The van der Waals surface area contributed by atoms with E-state index >= 15 is 0 Å². The van der Waals surface area contributed by atoms with Gasteiger partial charge in [0.1, 0.15) is 12.4 Å².